The molecule has 0 saturated carbocycles. The Balaban J connectivity index is 1.55. The quantitative estimate of drug-likeness (QED) is 0.148. The van der Waals surface area contributed by atoms with Crippen LogP contribution in [0.3, 0.4) is 0 Å². The van der Waals surface area contributed by atoms with Gasteiger partial charge in [-0.15, -0.1) is 0 Å². The van der Waals surface area contributed by atoms with Crippen molar-refractivity contribution in [3.8, 4) is 22.3 Å². The van der Waals surface area contributed by atoms with Crippen molar-refractivity contribution in [1.82, 2.24) is 0 Å². The minimum atomic E-state index is -2.48. The summed E-state index contributed by atoms with van der Waals surface area (Å²) in [5, 5.41) is 0. The molecule has 6 rings (SSSR count). The molecule has 4 aromatic rings. The van der Waals surface area contributed by atoms with E-state index in [-0.39, 0.29) is 0 Å². The number of hydrogen-bond acceptors (Lipinski definition) is 0. The van der Waals surface area contributed by atoms with Crippen LogP contribution in [0.15, 0.2) is 71.8 Å². The zero-order chi connectivity index (χ0) is 34.6. The molecule has 0 aromatic heterocycles. The molecule has 249 valence electrons. The van der Waals surface area contributed by atoms with Crippen LogP contribution in [0.5, 0.6) is 0 Å². The third-order valence-electron chi connectivity index (χ3n) is 11.6. The number of fused-ring (bicyclic) bond motifs is 2. The van der Waals surface area contributed by atoms with Crippen molar-refractivity contribution in [2.45, 2.75) is 103 Å². The maximum atomic E-state index is 2.73. The first kappa shape index (κ1) is 35.3. The molecular weight excluding hydrogens is 759 g/mol. The predicted molar refractivity (Wildman–Crippen MR) is 211 cm³/mol. The molecular formula is C46H57HfSi. The second kappa shape index (κ2) is 14.0. The second-order valence-electron chi connectivity index (χ2n) is 16.1. The fourth-order valence-corrected chi connectivity index (χ4v) is 41.1. The summed E-state index contributed by atoms with van der Waals surface area (Å²) in [5.74, 6) is 0.335. The average molecular weight is 817 g/mol. The normalized spacial score (nSPS) is 16.9. The van der Waals surface area contributed by atoms with E-state index in [0.29, 0.717) is 19.2 Å². The molecule has 0 bridgehead atoms. The third-order valence-corrected chi connectivity index (χ3v) is 42.5. The van der Waals surface area contributed by atoms with Crippen molar-refractivity contribution in [2.75, 3.05) is 0 Å². The van der Waals surface area contributed by atoms with Crippen molar-refractivity contribution in [1.29, 1.82) is 0 Å². The molecule has 48 heavy (non-hydrogen) atoms. The Morgan fingerprint density at radius 3 is 1.27 bits per heavy atom. The molecule has 2 aliphatic carbocycles. The summed E-state index contributed by atoms with van der Waals surface area (Å²) in [4.78, 5) is 0. The monoisotopic (exact) mass is 817 g/mol. The fourth-order valence-electron chi connectivity index (χ4n) is 8.81. The molecule has 0 fully saturated rings. The van der Waals surface area contributed by atoms with Crippen LogP contribution in [0.1, 0.15) is 104 Å². The molecule has 0 radical (unpaired) electrons. The van der Waals surface area contributed by atoms with Gasteiger partial charge < -0.3 is 0 Å². The van der Waals surface area contributed by atoms with Crippen molar-refractivity contribution < 1.29 is 20.6 Å². The molecule has 0 heterocycles. The molecule has 0 spiro atoms. The molecule has 0 N–H and O–H groups in total. The Labute approximate surface area is 300 Å². The average Bonchev–Trinajstić information content (AvgIpc) is 3.56. The molecule has 0 amide bonds. The van der Waals surface area contributed by atoms with E-state index in [1.807, 2.05) is 0 Å². The van der Waals surface area contributed by atoms with E-state index in [0.717, 1.165) is 0 Å². The van der Waals surface area contributed by atoms with Gasteiger partial charge in [-0.25, -0.2) is 0 Å². The number of hydrogen-bond donors (Lipinski definition) is 0. The van der Waals surface area contributed by atoms with Crippen LogP contribution in [0, 0.1) is 53.4 Å². The van der Waals surface area contributed by atoms with Gasteiger partial charge in [0, 0.05) is 0 Å². The van der Waals surface area contributed by atoms with Crippen molar-refractivity contribution in [2.24, 2.45) is 11.8 Å². The van der Waals surface area contributed by atoms with Gasteiger partial charge in [0.05, 0.1) is 0 Å². The molecule has 2 aliphatic rings. The van der Waals surface area contributed by atoms with E-state index < -0.39 is 26.6 Å². The Kier molecular flexibility index (Phi) is 10.3. The number of aryl methyl sites for hydroxylation is 2. The Morgan fingerprint density at radius 2 is 0.917 bits per heavy atom. The van der Waals surface area contributed by atoms with Crippen LogP contribution in [-0.2, 0) is 20.6 Å². The number of benzene rings is 4. The summed E-state index contributed by atoms with van der Waals surface area (Å²) < 4.78 is 1.34. The summed E-state index contributed by atoms with van der Waals surface area (Å²) >= 11 is -2.48. The standard InChI is InChI=1S/2C22H25.C2H7Si.Hf/c2*1-14(2)11-18-12-19-7-6-8-21(22(19)13-18)20-10-9-15(3)16(4)17(20)5;1-3-2;/h2*6-10,12-14H,11H2,1-5H3;3H,1-2H3;. The van der Waals surface area contributed by atoms with Crippen LogP contribution in [0.2, 0.25) is 13.1 Å². The Hall–Kier alpha value is -2.55. The van der Waals surface area contributed by atoms with Crippen LogP contribution in [0.25, 0.3) is 34.4 Å². The molecule has 0 saturated heterocycles. The van der Waals surface area contributed by atoms with Crippen molar-refractivity contribution in [3.63, 3.8) is 0 Å². The van der Waals surface area contributed by atoms with E-state index in [1.54, 1.807) is 22.3 Å². The summed E-state index contributed by atoms with van der Waals surface area (Å²) in [6.45, 7) is 28.9. The topological polar surface area (TPSA) is 0 Å². The first-order valence-corrected chi connectivity index (χ1v) is 31.7. The summed E-state index contributed by atoms with van der Waals surface area (Å²) in [6.07, 6.45) is 7.82. The Morgan fingerprint density at radius 1 is 0.521 bits per heavy atom. The zero-order valence-electron chi connectivity index (χ0n) is 31.7. The van der Waals surface area contributed by atoms with Crippen LogP contribution in [0.4, 0.5) is 0 Å². The van der Waals surface area contributed by atoms with E-state index >= 15 is 0 Å². The van der Waals surface area contributed by atoms with E-state index in [4.69, 9.17) is 0 Å². The van der Waals surface area contributed by atoms with Gasteiger partial charge >= 0.3 is 303 Å². The van der Waals surface area contributed by atoms with E-state index in [9.17, 15) is 0 Å². The summed E-state index contributed by atoms with van der Waals surface area (Å²) in [7, 11) is 0. The van der Waals surface area contributed by atoms with E-state index in [1.165, 1.54) is 79.6 Å². The molecule has 4 aromatic carbocycles. The maximum absolute atomic E-state index is 2.73. The predicted octanol–water partition coefficient (Wildman–Crippen LogP) is 13.1. The van der Waals surface area contributed by atoms with Gasteiger partial charge in [-0.2, -0.15) is 0 Å². The summed E-state index contributed by atoms with van der Waals surface area (Å²) in [6, 6.07) is 24.1. The molecule has 0 nitrogen and oxygen atoms in total. The van der Waals surface area contributed by atoms with Gasteiger partial charge in [0.25, 0.3) is 0 Å². The van der Waals surface area contributed by atoms with Gasteiger partial charge in [-0.05, 0) is 0 Å². The van der Waals surface area contributed by atoms with Crippen molar-refractivity contribution >= 4 is 18.1 Å². The SMILES string of the molecule is Cc1ccc(-c2cccc3c2C=C(CC(C)C)[CH]3[Hf]([CH]2C(CC(C)C)=Cc3c(-c4ccc(C)c(C)c4C)cccc32)[SiH](C)C)c(C)c1C. The fraction of sp³-hybridized carbons (Fsp3) is 0.391. The number of rotatable bonds is 9. The van der Waals surface area contributed by atoms with Crippen molar-refractivity contribution in [3.05, 3.63) is 127 Å². The Bertz CT molecular complexity index is 1800. The van der Waals surface area contributed by atoms with Crippen LogP contribution < -0.4 is 0 Å². The summed E-state index contributed by atoms with van der Waals surface area (Å²) in [5.41, 5.74) is 24.2. The van der Waals surface area contributed by atoms with Gasteiger partial charge in [-0.1, -0.05) is 0 Å². The first-order chi connectivity index (χ1) is 22.8. The first-order valence-electron chi connectivity index (χ1n) is 18.5. The van der Waals surface area contributed by atoms with Gasteiger partial charge in [0.1, 0.15) is 0 Å². The minimum absolute atomic E-state index is 0.655. The number of allylic oxidation sites excluding steroid dienone is 2. The van der Waals surface area contributed by atoms with Gasteiger partial charge in [0.2, 0.25) is 0 Å². The van der Waals surface area contributed by atoms with Crippen LogP contribution >= 0.6 is 0 Å². The van der Waals surface area contributed by atoms with Gasteiger partial charge in [0.15, 0.2) is 0 Å². The molecule has 2 atom stereocenters. The third kappa shape index (κ3) is 6.30. The molecule has 2 heteroatoms. The zero-order valence-corrected chi connectivity index (χ0v) is 36.5. The molecule has 0 aliphatic heterocycles. The van der Waals surface area contributed by atoms with Gasteiger partial charge in [-0.3, -0.25) is 0 Å². The second-order valence-corrected chi connectivity index (χ2v) is 44.1. The van der Waals surface area contributed by atoms with Crippen LogP contribution in [-0.4, -0.2) is 5.98 Å². The molecule has 2 unspecified atom stereocenters. The van der Waals surface area contributed by atoms with E-state index in [2.05, 4.69) is 155 Å².